The maximum absolute atomic E-state index is 12.7. The first-order valence-electron chi connectivity index (χ1n) is 6.75. The molecule has 0 bridgehead atoms. The summed E-state index contributed by atoms with van der Waals surface area (Å²) in [6.07, 6.45) is 2.24. The average molecular weight is 320 g/mol. The molecule has 1 aromatic heterocycles. The van der Waals surface area contributed by atoms with Crippen molar-refractivity contribution in [1.82, 2.24) is 14.3 Å². The van der Waals surface area contributed by atoms with Gasteiger partial charge in [-0.3, -0.25) is 0 Å². The molecular weight excluding hydrogens is 304 g/mol. The molecule has 2 heterocycles. The fourth-order valence-electron chi connectivity index (χ4n) is 2.40. The van der Waals surface area contributed by atoms with Crippen molar-refractivity contribution in [3.8, 4) is 5.75 Å². The van der Waals surface area contributed by atoms with Crippen molar-refractivity contribution in [3.05, 3.63) is 41.7 Å². The van der Waals surface area contributed by atoms with E-state index in [0.717, 1.165) is 5.56 Å². The number of methoxy groups -OCH3 is 1. The van der Waals surface area contributed by atoms with Crippen LogP contribution in [0.25, 0.3) is 0 Å². The number of nitrogens with two attached hydrogens (primary N) is 1. The SMILES string of the molecule is COc1ccc(S(=O)(=O)N2CCc3cnc(N)nc3C2)cc1. The number of rotatable bonds is 3. The van der Waals surface area contributed by atoms with Gasteiger partial charge in [-0.25, -0.2) is 18.4 Å². The molecular formula is C14H16N4O3S. The molecule has 7 nitrogen and oxygen atoms in total. The summed E-state index contributed by atoms with van der Waals surface area (Å²) in [6, 6.07) is 6.34. The molecule has 2 N–H and O–H groups in total. The molecule has 22 heavy (non-hydrogen) atoms. The third-order valence-electron chi connectivity index (χ3n) is 3.63. The number of sulfonamides is 1. The Bertz CT molecular complexity index is 790. The van der Waals surface area contributed by atoms with Gasteiger partial charge in [0.15, 0.2) is 0 Å². The molecule has 0 fully saturated rings. The largest absolute Gasteiger partial charge is 0.497 e. The first kappa shape index (κ1) is 14.7. The number of fused-ring (bicyclic) bond motifs is 1. The van der Waals surface area contributed by atoms with E-state index in [9.17, 15) is 8.42 Å². The average Bonchev–Trinajstić information content (AvgIpc) is 2.54. The number of anilines is 1. The zero-order valence-corrected chi connectivity index (χ0v) is 12.9. The van der Waals surface area contributed by atoms with Crippen molar-refractivity contribution in [2.24, 2.45) is 0 Å². The highest BCUT2D eigenvalue weighted by Gasteiger charge is 2.29. The minimum atomic E-state index is -3.57. The predicted octanol–water partition coefficient (Wildman–Crippen LogP) is 0.814. The minimum absolute atomic E-state index is 0.155. The van der Waals surface area contributed by atoms with Gasteiger partial charge in [-0.15, -0.1) is 0 Å². The van der Waals surface area contributed by atoms with Gasteiger partial charge in [0.2, 0.25) is 16.0 Å². The molecule has 2 aromatic rings. The van der Waals surface area contributed by atoms with Gasteiger partial charge >= 0.3 is 0 Å². The molecule has 0 atom stereocenters. The summed E-state index contributed by atoms with van der Waals surface area (Å²) in [5.41, 5.74) is 7.18. The van der Waals surface area contributed by atoms with Crippen LogP contribution in [0.5, 0.6) is 5.75 Å². The van der Waals surface area contributed by atoms with Crippen LogP contribution in [-0.4, -0.2) is 36.3 Å². The van der Waals surface area contributed by atoms with E-state index in [1.165, 1.54) is 23.5 Å². The smallest absolute Gasteiger partial charge is 0.243 e. The van der Waals surface area contributed by atoms with E-state index in [4.69, 9.17) is 10.5 Å². The van der Waals surface area contributed by atoms with Gasteiger partial charge in [0.05, 0.1) is 24.2 Å². The van der Waals surface area contributed by atoms with Crippen molar-refractivity contribution >= 4 is 16.0 Å². The minimum Gasteiger partial charge on any atom is -0.497 e. The molecule has 0 radical (unpaired) electrons. The Kier molecular flexibility index (Phi) is 3.71. The standard InChI is InChI=1S/C14H16N4O3S/c1-21-11-2-4-12(5-3-11)22(19,20)18-7-6-10-8-16-14(15)17-13(10)9-18/h2-5,8H,6-7,9H2,1H3,(H2,15,16,17). The van der Waals surface area contributed by atoms with Crippen LogP contribution < -0.4 is 10.5 Å². The molecule has 116 valence electrons. The van der Waals surface area contributed by atoms with E-state index < -0.39 is 10.0 Å². The van der Waals surface area contributed by atoms with Gasteiger partial charge in [0.1, 0.15) is 5.75 Å². The van der Waals surface area contributed by atoms with E-state index in [1.807, 2.05) is 0 Å². The third kappa shape index (κ3) is 2.62. The van der Waals surface area contributed by atoms with E-state index in [2.05, 4.69) is 9.97 Å². The molecule has 0 amide bonds. The van der Waals surface area contributed by atoms with Crippen LogP contribution in [0.1, 0.15) is 11.3 Å². The Morgan fingerprint density at radius 3 is 2.68 bits per heavy atom. The Morgan fingerprint density at radius 1 is 1.27 bits per heavy atom. The molecule has 0 unspecified atom stereocenters. The first-order valence-corrected chi connectivity index (χ1v) is 8.19. The Balaban J connectivity index is 1.90. The number of nitrogen functional groups attached to an aromatic ring is 1. The highest BCUT2D eigenvalue weighted by Crippen LogP contribution is 2.25. The van der Waals surface area contributed by atoms with Crippen LogP contribution >= 0.6 is 0 Å². The lowest BCUT2D eigenvalue weighted by Gasteiger charge is -2.27. The van der Waals surface area contributed by atoms with Crippen molar-refractivity contribution in [3.63, 3.8) is 0 Å². The van der Waals surface area contributed by atoms with Crippen LogP contribution in [0.2, 0.25) is 0 Å². The number of hydrogen-bond donors (Lipinski definition) is 1. The second-order valence-corrected chi connectivity index (χ2v) is 6.90. The summed E-state index contributed by atoms with van der Waals surface area (Å²) in [7, 11) is -2.03. The maximum Gasteiger partial charge on any atom is 0.243 e. The van der Waals surface area contributed by atoms with Crippen LogP contribution in [0.3, 0.4) is 0 Å². The zero-order valence-electron chi connectivity index (χ0n) is 12.1. The fourth-order valence-corrected chi connectivity index (χ4v) is 3.80. The molecule has 0 saturated carbocycles. The van der Waals surface area contributed by atoms with E-state index in [1.54, 1.807) is 18.3 Å². The highest BCUT2D eigenvalue weighted by atomic mass is 32.2. The normalized spacial score (nSPS) is 15.3. The zero-order chi connectivity index (χ0) is 15.7. The Morgan fingerprint density at radius 2 is 2.00 bits per heavy atom. The van der Waals surface area contributed by atoms with Gasteiger partial charge in [-0.1, -0.05) is 0 Å². The van der Waals surface area contributed by atoms with Gasteiger partial charge in [0, 0.05) is 12.7 Å². The number of nitrogens with zero attached hydrogens (tertiary/aromatic N) is 3. The van der Waals surface area contributed by atoms with Gasteiger partial charge in [0.25, 0.3) is 0 Å². The monoisotopic (exact) mass is 320 g/mol. The summed E-state index contributed by atoms with van der Waals surface area (Å²) in [4.78, 5) is 8.32. The highest BCUT2D eigenvalue weighted by molar-refractivity contribution is 7.89. The van der Waals surface area contributed by atoms with Crippen molar-refractivity contribution in [1.29, 1.82) is 0 Å². The van der Waals surface area contributed by atoms with Crippen molar-refractivity contribution in [2.45, 2.75) is 17.9 Å². The fraction of sp³-hybridized carbons (Fsp3) is 0.286. The van der Waals surface area contributed by atoms with E-state index in [-0.39, 0.29) is 17.4 Å². The van der Waals surface area contributed by atoms with Crippen LogP contribution in [0, 0.1) is 0 Å². The molecule has 0 aliphatic carbocycles. The molecule has 1 aliphatic rings. The summed E-state index contributed by atoms with van der Waals surface area (Å²) in [6.45, 7) is 0.602. The summed E-state index contributed by atoms with van der Waals surface area (Å²) >= 11 is 0. The topological polar surface area (TPSA) is 98.4 Å². The second-order valence-electron chi connectivity index (χ2n) is 4.96. The second kappa shape index (κ2) is 5.54. The quantitative estimate of drug-likeness (QED) is 0.899. The molecule has 1 aromatic carbocycles. The summed E-state index contributed by atoms with van der Waals surface area (Å²) in [5.74, 6) is 0.769. The molecule has 8 heteroatoms. The number of aromatic nitrogens is 2. The molecule has 0 saturated heterocycles. The van der Waals surface area contributed by atoms with E-state index in [0.29, 0.717) is 24.4 Å². The molecule has 3 rings (SSSR count). The lowest BCUT2D eigenvalue weighted by Crippen LogP contribution is -2.36. The lowest BCUT2D eigenvalue weighted by molar-refractivity contribution is 0.384. The van der Waals surface area contributed by atoms with Crippen molar-refractivity contribution in [2.75, 3.05) is 19.4 Å². The van der Waals surface area contributed by atoms with Gasteiger partial charge in [-0.2, -0.15) is 4.31 Å². The lowest BCUT2D eigenvalue weighted by atomic mass is 10.1. The summed E-state index contributed by atoms with van der Waals surface area (Å²) < 4.78 is 31.8. The van der Waals surface area contributed by atoms with Crippen LogP contribution in [0.15, 0.2) is 35.4 Å². The number of hydrogen-bond acceptors (Lipinski definition) is 6. The van der Waals surface area contributed by atoms with Gasteiger partial charge < -0.3 is 10.5 Å². The third-order valence-corrected chi connectivity index (χ3v) is 5.49. The van der Waals surface area contributed by atoms with Crippen molar-refractivity contribution < 1.29 is 13.2 Å². The predicted molar refractivity (Wildman–Crippen MR) is 80.7 cm³/mol. The first-order chi connectivity index (χ1) is 10.5. The number of benzene rings is 1. The molecule has 0 spiro atoms. The van der Waals surface area contributed by atoms with Crippen LogP contribution in [-0.2, 0) is 23.0 Å². The Hall–Kier alpha value is -2.19. The van der Waals surface area contributed by atoms with E-state index >= 15 is 0 Å². The summed E-state index contributed by atoms with van der Waals surface area (Å²) in [5, 5.41) is 0. The Labute approximate surface area is 128 Å². The number of ether oxygens (including phenoxy) is 1. The van der Waals surface area contributed by atoms with Crippen LogP contribution in [0.4, 0.5) is 5.95 Å². The maximum atomic E-state index is 12.7. The molecule has 1 aliphatic heterocycles. The van der Waals surface area contributed by atoms with Gasteiger partial charge in [-0.05, 0) is 36.2 Å².